The predicted molar refractivity (Wildman–Crippen MR) is 95.2 cm³/mol. The number of nitrogens with zero attached hydrogens (tertiary/aromatic N) is 2. The van der Waals surface area contributed by atoms with Crippen LogP contribution in [-0.2, 0) is 11.2 Å². The number of carbonyl (C=O) groups is 1. The van der Waals surface area contributed by atoms with E-state index in [9.17, 15) is 4.79 Å². The molecule has 126 valence electrons. The molecule has 2 saturated heterocycles. The lowest BCUT2D eigenvalue weighted by Gasteiger charge is -2.33. The van der Waals surface area contributed by atoms with E-state index in [4.69, 9.17) is 23.2 Å². The van der Waals surface area contributed by atoms with Crippen LogP contribution in [0.1, 0.15) is 37.7 Å². The monoisotopic (exact) mass is 354 g/mol. The van der Waals surface area contributed by atoms with Crippen LogP contribution in [0.4, 0.5) is 0 Å². The standard InChI is InChI=1S/C18H24Cl2N2O/c19-16-7-6-14(11-17(16)20)12-18(23)22-10-4-5-15(22)13-21-8-2-1-3-9-21/h6-7,11,15H,1-5,8-10,12-13H2. The van der Waals surface area contributed by atoms with Crippen LogP contribution >= 0.6 is 23.2 Å². The van der Waals surface area contributed by atoms with Crippen LogP contribution in [-0.4, -0.2) is 47.9 Å². The summed E-state index contributed by atoms with van der Waals surface area (Å²) >= 11 is 12.0. The second-order valence-electron chi connectivity index (χ2n) is 6.67. The molecule has 0 saturated carbocycles. The quantitative estimate of drug-likeness (QED) is 0.815. The van der Waals surface area contributed by atoms with E-state index in [0.717, 1.165) is 31.5 Å². The van der Waals surface area contributed by atoms with Crippen molar-refractivity contribution in [3.05, 3.63) is 33.8 Å². The molecule has 2 aliphatic heterocycles. The number of rotatable bonds is 4. The maximum absolute atomic E-state index is 12.7. The number of hydrogen-bond donors (Lipinski definition) is 0. The van der Waals surface area contributed by atoms with Gasteiger partial charge >= 0.3 is 0 Å². The maximum Gasteiger partial charge on any atom is 0.227 e. The van der Waals surface area contributed by atoms with Crippen molar-refractivity contribution >= 4 is 29.1 Å². The third-order valence-corrected chi connectivity index (χ3v) is 5.69. The second-order valence-corrected chi connectivity index (χ2v) is 7.48. The summed E-state index contributed by atoms with van der Waals surface area (Å²) in [6, 6.07) is 5.84. The molecule has 1 unspecified atom stereocenters. The van der Waals surface area contributed by atoms with Crippen LogP contribution in [0.25, 0.3) is 0 Å². The largest absolute Gasteiger partial charge is 0.338 e. The number of amides is 1. The van der Waals surface area contributed by atoms with Crippen molar-refractivity contribution in [2.24, 2.45) is 0 Å². The summed E-state index contributed by atoms with van der Waals surface area (Å²) in [6.45, 7) is 4.29. The highest BCUT2D eigenvalue weighted by Crippen LogP contribution is 2.25. The van der Waals surface area contributed by atoms with Crippen molar-refractivity contribution in [3.63, 3.8) is 0 Å². The van der Waals surface area contributed by atoms with E-state index in [1.54, 1.807) is 12.1 Å². The topological polar surface area (TPSA) is 23.6 Å². The highest BCUT2D eigenvalue weighted by atomic mass is 35.5. The zero-order valence-corrected chi connectivity index (χ0v) is 15.0. The molecular weight excluding hydrogens is 331 g/mol. The first-order chi connectivity index (χ1) is 11.1. The molecule has 0 bridgehead atoms. The molecule has 2 heterocycles. The second kappa shape index (κ2) is 7.87. The highest BCUT2D eigenvalue weighted by molar-refractivity contribution is 6.42. The molecule has 1 amide bonds. The van der Waals surface area contributed by atoms with Crippen LogP contribution in [0.2, 0.25) is 10.0 Å². The summed E-state index contributed by atoms with van der Waals surface area (Å²) in [5.41, 5.74) is 0.938. The van der Waals surface area contributed by atoms with Gasteiger partial charge in [-0.1, -0.05) is 35.7 Å². The molecule has 0 aromatic heterocycles. The molecule has 23 heavy (non-hydrogen) atoms. The summed E-state index contributed by atoms with van der Waals surface area (Å²) in [5.74, 6) is 0.211. The van der Waals surface area contributed by atoms with Gasteiger partial charge in [0, 0.05) is 19.1 Å². The number of benzene rings is 1. The van der Waals surface area contributed by atoms with E-state index in [1.165, 1.54) is 32.4 Å². The predicted octanol–water partition coefficient (Wildman–Crippen LogP) is 4.01. The molecule has 0 spiro atoms. The van der Waals surface area contributed by atoms with Crippen molar-refractivity contribution < 1.29 is 4.79 Å². The Morgan fingerprint density at radius 1 is 1.04 bits per heavy atom. The minimum Gasteiger partial charge on any atom is -0.338 e. The summed E-state index contributed by atoms with van der Waals surface area (Å²) in [4.78, 5) is 17.3. The van der Waals surface area contributed by atoms with Crippen molar-refractivity contribution in [1.82, 2.24) is 9.80 Å². The van der Waals surface area contributed by atoms with Crippen molar-refractivity contribution in [3.8, 4) is 0 Å². The number of piperidine rings is 1. The van der Waals surface area contributed by atoms with Gasteiger partial charge in [-0.2, -0.15) is 0 Å². The zero-order valence-electron chi connectivity index (χ0n) is 13.4. The van der Waals surface area contributed by atoms with E-state index < -0.39 is 0 Å². The number of halogens is 2. The van der Waals surface area contributed by atoms with Crippen LogP contribution in [0.15, 0.2) is 18.2 Å². The van der Waals surface area contributed by atoms with Gasteiger partial charge in [-0.05, 0) is 56.5 Å². The molecule has 0 N–H and O–H groups in total. The molecule has 5 heteroatoms. The lowest BCUT2D eigenvalue weighted by Crippen LogP contribution is -2.45. The molecule has 1 aromatic rings. The molecule has 0 aliphatic carbocycles. The van der Waals surface area contributed by atoms with E-state index in [2.05, 4.69) is 9.80 Å². The molecular formula is C18H24Cl2N2O. The van der Waals surface area contributed by atoms with Gasteiger partial charge in [0.1, 0.15) is 0 Å². The Hall–Kier alpha value is -0.770. The van der Waals surface area contributed by atoms with E-state index in [0.29, 0.717) is 22.5 Å². The fourth-order valence-electron chi connectivity index (χ4n) is 3.72. The molecule has 2 aliphatic rings. The first kappa shape index (κ1) is 17.1. The minimum atomic E-state index is 0.211. The van der Waals surface area contributed by atoms with Gasteiger partial charge in [0.25, 0.3) is 0 Å². The fraction of sp³-hybridized carbons (Fsp3) is 0.611. The van der Waals surface area contributed by atoms with Crippen molar-refractivity contribution in [2.45, 2.75) is 44.6 Å². The number of likely N-dealkylation sites (tertiary alicyclic amines) is 2. The molecule has 2 fully saturated rings. The Balaban J connectivity index is 1.59. The Morgan fingerprint density at radius 3 is 2.57 bits per heavy atom. The first-order valence-corrected chi connectivity index (χ1v) is 9.35. The molecule has 1 atom stereocenters. The Kier molecular flexibility index (Phi) is 5.84. The third kappa shape index (κ3) is 4.40. The average Bonchev–Trinajstić information content (AvgIpc) is 3.00. The Morgan fingerprint density at radius 2 is 1.83 bits per heavy atom. The first-order valence-electron chi connectivity index (χ1n) is 8.59. The van der Waals surface area contributed by atoms with Gasteiger partial charge in [0.2, 0.25) is 5.91 Å². The zero-order chi connectivity index (χ0) is 16.2. The lowest BCUT2D eigenvalue weighted by atomic mass is 10.1. The minimum absolute atomic E-state index is 0.211. The molecule has 0 radical (unpaired) electrons. The van der Waals surface area contributed by atoms with E-state index in [-0.39, 0.29) is 5.91 Å². The van der Waals surface area contributed by atoms with Crippen LogP contribution in [0, 0.1) is 0 Å². The third-order valence-electron chi connectivity index (χ3n) is 4.95. The highest BCUT2D eigenvalue weighted by Gasteiger charge is 2.30. The summed E-state index contributed by atoms with van der Waals surface area (Å²) in [6.07, 6.45) is 6.59. The van der Waals surface area contributed by atoms with Gasteiger partial charge in [0.05, 0.1) is 16.5 Å². The number of hydrogen-bond acceptors (Lipinski definition) is 2. The van der Waals surface area contributed by atoms with Gasteiger partial charge in [-0.15, -0.1) is 0 Å². The van der Waals surface area contributed by atoms with Gasteiger partial charge in [-0.25, -0.2) is 0 Å². The Labute approximate surface area is 148 Å². The van der Waals surface area contributed by atoms with Gasteiger partial charge in [0.15, 0.2) is 0 Å². The van der Waals surface area contributed by atoms with Crippen molar-refractivity contribution in [2.75, 3.05) is 26.2 Å². The van der Waals surface area contributed by atoms with Crippen molar-refractivity contribution in [1.29, 1.82) is 0 Å². The lowest BCUT2D eigenvalue weighted by molar-refractivity contribution is -0.131. The smallest absolute Gasteiger partial charge is 0.227 e. The fourth-order valence-corrected chi connectivity index (χ4v) is 4.04. The SMILES string of the molecule is O=C(Cc1ccc(Cl)c(Cl)c1)N1CCCC1CN1CCCCC1. The molecule has 3 rings (SSSR count). The van der Waals surface area contributed by atoms with Crippen LogP contribution < -0.4 is 0 Å². The van der Waals surface area contributed by atoms with E-state index in [1.807, 2.05) is 6.07 Å². The number of carbonyl (C=O) groups excluding carboxylic acids is 1. The molecule has 3 nitrogen and oxygen atoms in total. The Bertz CT molecular complexity index is 558. The normalized spacial score (nSPS) is 22.5. The molecule has 1 aromatic carbocycles. The summed E-state index contributed by atoms with van der Waals surface area (Å²) in [7, 11) is 0. The van der Waals surface area contributed by atoms with Gasteiger partial charge < -0.3 is 9.80 Å². The van der Waals surface area contributed by atoms with Crippen LogP contribution in [0.5, 0.6) is 0 Å². The average molecular weight is 355 g/mol. The summed E-state index contributed by atoms with van der Waals surface area (Å²) in [5, 5.41) is 1.05. The van der Waals surface area contributed by atoms with Crippen LogP contribution in [0.3, 0.4) is 0 Å². The van der Waals surface area contributed by atoms with E-state index >= 15 is 0 Å². The summed E-state index contributed by atoms with van der Waals surface area (Å²) < 4.78 is 0. The van der Waals surface area contributed by atoms with Gasteiger partial charge in [-0.3, -0.25) is 4.79 Å². The maximum atomic E-state index is 12.7.